The van der Waals surface area contributed by atoms with E-state index in [-0.39, 0.29) is 16.7 Å². The SMILES string of the molecule is OC(CBr)c1cccc(SC(F)(F)F)c1. The number of rotatable bonds is 3. The van der Waals surface area contributed by atoms with Crippen LogP contribution in [-0.4, -0.2) is 15.9 Å². The van der Waals surface area contributed by atoms with Crippen molar-refractivity contribution in [1.82, 2.24) is 0 Å². The van der Waals surface area contributed by atoms with Crippen LogP contribution in [0.4, 0.5) is 13.2 Å². The van der Waals surface area contributed by atoms with E-state index in [1.54, 1.807) is 6.07 Å². The Bertz CT molecular complexity index is 329. The number of hydrogen-bond acceptors (Lipinski definition) is 2. The second-order valence-corrected chi connectivity index (χ2v) is 4.58. The molecule has 15 heavy (non-hydrogen) atoms. The number of hydrogen-bond donors (Lipinski definition) is 1. The van der Waals surface area contributed by atoms with Crippen LogP contribution in [0.2, 0.25) is 0 Å². The fourth-order valence-corrected chi connectivity index (χ4v) is 1.99. The number of thioether (sulfide) groups is 1. The van der Waals surface area contributed by atoms with Crippen molar-refractivity contribution >= 4 is 27.7 Å². The van der Waals surface area contributed by atoms with E-state index >= 15 is 0 Å². The minimum absolute atomic E-state index is 0.0833. The molecular weight excluding hydrogens is 293 g/mol. The summed E-state index contributed by atoms with van der Waals surface area (Å²) in [4.78, 5) is 0.0833. The van der Waals surface area contributed by atoms with Gasteiger partial charge in [-0.2, -0.15) is 13.2 Å². The molecule has 0 saturated heterocycles. The molecule has 0 radical (unpaired) electrons. The molecule has 1 N–H and O–H groups in total. The van der Waals surface area contributed by atoms with Gasteiger partial charge in [0, 0.05) is 10.2 Å². The summed E-state index contributed by atoms with van der Waals surface area (Å²) in [6, 6.07) is 5.79. The number of aliphatic hydroxyl groups excluding tert-OH is 1. The van der Waals surface area contributed by atoms with Crippen molar-refractivity contribution in [3.63, 3.8) is 0 Å². The summed E-state index contributed by atoms with van der Waals surface area (Å²) >= 11 is 2.87. The Labute approximate surface area is 97.8 Å². The van der Waals surface area contributed by atoms with Crippen LogP contribution < -0.4 is 0 Å². The van der Waals surface area contributed by atoms with E-state index in [2.05, 4.69) is 15.9 Å². The fraction of sp³-hybridized carbons (Fsp3) is 0.333. The summed E-state index contributed by atoms with van der Waals surface area (Å²) in [5, 5.41) is 9.71. The maximum atomic E-state index is 12.0. The lowest BCUT2D eigenvalue weighted by atomic mass is 10.1. The van der Waals surface area contributed by atoms with E-state index in [9.17, 15) is 18.3 Å². The average molecular weight is 301 g/mol. The van der Waals surface area contributed by atoms with Gasteiger partial charge in [-0.1, -0.05) is 28.1 Å². The molecule has 0 amide bonds. The van der Waals surface area contributed by atoms with Gasteiger partial charge in [0.15, 0.2) is 0 Å². The smallest absolute Gasteiger partial charge is 0.388 e. The zero-order valence-electron chi connectivity index (χ0n) is 7.46. The zero-order valence-corrected chi connectivity index (χ0v) is 9.86. The van der Waals surface area contributed by atoms with Crippen molar-refractivity contribution < 1.29 is 18.3 Å². The van der Waals surface area contributed by atoms with Gasteiger partial charge in [-0.15, -0.1) is 0 Å². The molecule has 84 valence electrons. The third-order valence-electron chi connectivity index (χ3n) is 1.62. The fourth-order valence-electron chi connectivity index (χ4n) is 1.01. The third-order valence-corrected chi connectivity index (χ3v) is 2.96. The molecule has 1 atom stereocenters. The number of halogens is 4. The van der Waals surface area contributed by atoms with Gasteiger partial charge < -0.3 is 5.11 Å². The lowest BCUT2D eigenvalue weighted by Crippen LogP contribution is -2.01. The summed E-state index contributed by atoms with van der Waals surface area (Å²) in [5.41, 5.74) is -3.82. The zero-order chi connectivity index (χ0) is 11.5. The molecule has 6 heteroatoms. The minimum Gasteiger partial charge on any atom is -0.388 e. The van der Waals surface area contributed by atoms with Gasteiger partial charge in [-0.05, 0) is 29.5 Å². The third kappa shape index (κ3) is 4.44. The van der Waals surface area contributed by atoms with E-state index in [0.29, 0.717) is 10.9 Å². The molecule has 1 aromatic carbocycles. The molecule has 1 unspecified atom stereocenters. The maximum absolute atomic E-state index is 12.0. The molecule has 1 rings (SSSR count). The predicted molar refractivity (Wildman–Crippen MR) is 57.1 cm³/mol. The standard InChI is InChI=1S/C9H8BrF3OS/c10-5-8(14)6-2-1-3-7(4-6)15-9(11,12)13/h1-4,8,14H,5H2. The second kappa shape index (κ2) is 5.23. The van der Waals surface area contributed by atoms with E-state index < -0.39 is 11.6 Å². The molecule has 0 saturated carbocycles. The van der Waals surface area contributed by atoms with Gasteiger partial charge in [-0.3, -0.25) is 0 Å². The first kappa shape index (κ1) is 12.9. The normalized spacial score (nSPS) is 13.9. The predicted octanol–water partition coefficient (Wildman–Crippen LogP) is 3.73. The second-order valence-electron chi connectivity index (χ2n) is 2.79. The largest absolute Gasteiger partial charge is 0.446 e. The number of benzene rings is 1. The summed E-state index contributed by atoms with van der Waals surface area (Å²) in [6.07, 6.45) is -0.779. The van der Waals surface area contributed by atoms with E-state index in [0.717, 1.165) is 0 Å². The highest BCUT2D eigenvalue weighted by Crippen LogP contribution is 2.37. The summed E-state index contributed by atoms with van der Waals surface area (Å²) in [5.74, 6) is 0. The maximum Gasteiger partial charge on any atom is 0.446 e. The van der Waals surface area contributed by atoms with Crippen LogP contribution >= 0.6 is 27.7 Å². The van der Waals surface area contributed by atoms with Gasteiger partial charge in [0.25, 0.3) is 0 Å². The number of alkyl halides is 4. The molecule has 0 aliphatic heterocycles. The monoisotopic (exact) mass is 300 g/mol. The first-order valence-corrected chi connectivity index (χ1v) is 5.96. The summed E-state index contributed by atoms with van der Waals surface area (Å²) in [7, 11) is 0. The van der Waals surface area contributed by atoms with Crippen LogP contribution in [0.5, 0.6) is 0 Å². The van der Waals surface area contributed by atoms with Crippen molar-refractivity contribution in [2.24, 2.45) is 0 Å². The molecule has 0 aromatic heterocycles. The molecule has 0 spiro atoms. The quantitative estimate of drug-likeness (QED) is 0.678. The summed E-state index contributed by atoms with van der Waals surface area (Å²) in [6.45, 7) is 0. The van der Waals surface area contributed by atoms with Gasteiger partial charge in [-0.25, -0.2) is 0 Å². The molecular formula is C9H8BrF3OS. The first-order valence-electron chi connectivity index (χ1n) is 4.02. The van der Waals surface area contributed by atoms with Crippen LogP contribution in [0.3, 0.4) is 0 Å². The highest BCUT2D eigenvalue weighted by atomic mass is 79.9. The Morgan fingerprint density at radius 1 is 1.40 bits per heavy atom. The highest BCUT2D eigenvalue weighted by molar-refractivity contribution is 9.09. The Balaban J connectivity index is 2.83. The summed E-state index contributed by atoms with van der Waals surface area (Å²) < 4.78 is 36.1. The molecule has 0 heterocycles. The van der Waals surface area contributed by atoms with Crippen LogP contribution in [0.25, 0.3) is 0 Å². The lowest BCUT2D eigenvalue weighted by Gasteiger charge is -2.10. The minimum atomic E-state index is -4.29. The topological polar surface area (TPSA) is 20.2 Å². The van der Waals surface area contributed by atoms with Gasteiger partial charge in [0.05, 0.1) is 6.10 Å². The molecule has 0 aliphatic rings. The Morgan fingerprint density at radius 3 is 2.60 bits per heavy atom. The van der Waals surface area contributed by atoms with Crippen LogP contribution in [0.1, 0.15) is 11.7 Å². The van der Waals surface area contributed by atoms with Crippen molar-refractivity contribution in [2.45, 2.75) is 16.5 Å². The Hall–Kier alpha value is -0.200. The molecule has 0 bridgehead atoms. The van der Waals surface area contributed by atoms with Crippen molar-refractivity contribution in [3.8, 4) is 0 Å². The molecule has 0 fully saturated rings. The van der Waals surface area contributed by atoms with Crippen molar-refractivity contribution in [2.75, 3.05) is 5.33 Å². The van der Waals surface area contributed by atoms with Gasteiger partial charge in [0.1, 0.15) is 0 Å². The van der Waals surface area contributed by atoms with E-state index in [1.165, 1.54) is 18.2 Å². The van der Waals surface area contributed by atoms with Gasteiger partial charge in [0.2, 0.25) is 0 Å². The Kier molecular flexibility index (Phi) is 4.48. The Morgan fingerprint density at radius 2 is 2.07 bits per heavy atom. The van der Waals surface area contributed by atoms with Crippen molar-refractivity contribution in [3.05, 3.63) is 29.8 Å². The number of aliphatic hydroxyl groups is 1. The van der Waals surface area contributed by atoms with Gasteiger partial charge >= 0.3 is 5.51 Å². The van der Waals surface area contributed by atoms with Crippen LogP contribution in [0.15, 0.2) is 29.2 Å². The lowest BCUT2D eigenvalue weighted by molar-refractivity contribution is -0.0328. The highest BCUT2D eigenvalue weighted by Gasteiger charge is 2.29. The first-order chi connectivity index (χ1) is 6.92. The molecule has 1 aromatic rings. The van der Waals surface area contributed by atoms with Crippen LogP contribution in [0, 0.1) is 0 Å². The van der Waals surface area contributed by atoms with Crippen LogP contribution in [-0.2, 0) is 0 Å². The van der Waals surface area contributed by atoms with Crippen molar-refractivity contribution in [1.29, 1.82) is 0 Å². The molecule has 0 aliphatic carbocycles. The average Bonchev–Trinajstić information content (AvgIpc) is 2.14. The van der Waals surface area contributed by atoms with E-state index in [4.69, 9.17) is 0 Å². The molecule has 1 nitrogen and oxygen atoms in total. The van der Waals surface area contributed by atoms with E-state index in [1.807, 2.05) is 0 Å².